The van der Waals surface area contributed by atoms with Gasteiger partial charge >= 0.3 is 6.03 Å². The van der Waals surface area contributed by atoms with Crippen LogP contribution in [0, 0.1) is 6.92 Å². The molecule has 0 spiro atoms. The first kappa shape index (κ1) is 17.8. The van der Waals surface area contributed by atoms with Crippen LogP contribution in [-0.2, 0) is 6.42 Å². The number of hydrogen-bond donors (Lipinski definition) is 1. The van der Waals surface area contributed by atoms with Crippen molar-refractivity contribution in [2.75, 3.05) is 26.3 Å². The standard InChI is InChI=1S/C19H23N3O4/c1-12-5-6-20-14(7-12)8-13(2)22(3)19(23)21-15-9-17-18(26-11-25-17)10-16(15)24-4/h5-7,9-10,13H,8,11H2,1-4H3,(H,21,23)/t13-/m1/s1. The van der Waals surface area contributed by atoms with E-state index in [-0.39, 0.29) is 18.9 Å². The van der Waals surface area contributed by atoms with Gasteiger partial charge in [-0.2, -0.15) is 0 Å². The van der Waals surface area contributed by atoms with Gasteiger partial charge in [-0.3, -0.25) is 4.98 Å². The Kier molecular flexibility index (Phi) is 5.16. The van der Waals surface area contributed by atoms with Gasteiger partial charge < -0.3 is 24.4 Å². The minimum atomic E-state index is -0.234. The van der Waals surface area contributed by atoms with Gasteiger partial charge in [-0.15, -0.1) is 0 Å². The van der Waals surface area contributed by atoms with Crippen molar-refractivity contribution in [1.29, 1.82) is 0 Å². The molecule has 0 aliphatic carbocycles. The van der Waals surface area contributed by atoms with Crippen LogP contribution in [0.25, 0.3) is 0 Å². The van der Waals surface area contributed by atoms with Gasteiger partial charge in [0.05, 0.1) is 12.8 Å². The Bertz CT molecular complexity index is 809. The van der Waals surface area contributed by atoms with E-state index in [1.807, 2.05) is 26.0 Å². The number of urea groups is 1. The average Bonchev–Trinajstić information content (AvgIpc) is 3.07. The van der Waals surface area contributed by atoms with Crippen molar-refractivity contribution in [3.8, 4) is 17.2 Å². The molecule has 1 aromatic heterocycles. The summed E-state index contributed by atoms with van der Waals surface area (Å²) in [7, 11) is 3.30. The Labute approximate surface area is 152 Å². The van der Waals surface area contributed by atoms with Crippen LogP contribution in [0.1, 0.15) is 18.2 Å². The summed E-state index contributed by atoms with van der Waals surface area (Å²) in [5.41, 5.74) is 2.65. The van der Waals surface area contributed by atoms with E-state index in [1.54, 1.807) is 37.4 Å². The van der Waals surface area contributed by atoms with Crippen LogP contribution in [0.15, 0.2) is 30.5 Å². The summed E-state index contributed by atoms with van der Waals surface area (Å²) in [4.78, 5) is 18.7. The number of aromatic nitrogens is 1. The van der Waals surface area contributed by atoms with Crippen LogP contribution in [0.5, 0.6) is 17.2 Å². The second-order valence-electron chi connectivity index (χ2n) is 6.32. The molecule has 1 atom stereocenters. The molecule has 2 amide bonds. The highest BCUT2D eigenvalue weighted by atomic mass is 16.7. The molecule has 0 saturated heterocycles. The highest BCUT2D eigenvalue weighted by molar-refractivity contribution is 5.91. The number of fused-ring (bicyclic) bond motifs is 1. The van der Waals surface area contributed by atoms with Crippen LogP contribution >= 0.6 is 0 Å². The van der Waals surface area contributed by atoms with Gasteiger partial charge in [0.15, 0.2) is 11.5 Å². The lowest BCUT2D eigenvalue weighted by molar-refractivity contribution is 0.174. The number of methoxy groups -OCH3 is 1. The first-order valence-electron chi connectivity index (χ1n) is 8.41. The fourth-order valence-electron chi connectivity index (χ4n) is 2.74. The Morgan fingerprint density at radius 1 is 1.35 bits per heavy atom. The van der Waals surface area contributed by atoms with Crippen LogP contribution < -0.4 is 19.5 Å². The van der Waals surface area contributed by atoms with Crippen molar-refractivity contribution in [3.05, 3.63) is 41.7 Å². The molecule has 2 aromatic rings. The smallest absolute Gasteiger partial charge is 0.321 e. The first-order chi connectivity index (χ1) is 12.5. The number of ether oxygens (including phenoxy) is 3. The van der Waals surface area contributed by atoms with Gasteiger partial charge in [0.1, 0.15) is 5.75 Å². The number of likely N-dealkylation sites (N-methyl/N-ethyl adjacent to an activating group) is 1. The highest BCUT2D eigenvalue weighted by Gasteiger charge is 2.22. The van der Waals surface area contributed by atoms with Crippen molar-refractivity contribution in [3.63, 3.8) is 0 Å². The molecule has 0 unspecified atom stereocenters. The molecule has 0 bridgehead atoms. The third-order valence-corrected chi connectivity index (χ3v) is 4.39. The van der Waals surface area contributed by atoms with Crippen LogP contribution in [0.3, 0.4) is 0 Å². The molecular formula is C19H23N3O4. The van der Waals surface area contributed by atoms with Crippen molar-refractivity contribution in [2.45, 2.75) is 26.3 Å². The SMILES string of the molecule is COc1cc2c(cc1NC(=O)N(C)[C@H](C)Cc1cc(C)ccn1)OCO2. The molecule has 0 fully saturated rings. The van der Waals surface area contributed by atoms with Crippen molar-refractivity contribution in [1.82, 2.24) is 9.88 Å². The minimum Gasteiger partial charge on any atom is -0.494 e. The number of anilines is 1. The maximum Gasteiger partial charge on any atom is 0.321 e. The first-order valence-corrected chi connectivity index (χ1v) is 8.41. The molecule has 1 aliphatic rings. The zero-order chi connectivity index (χ0) is 18.7. The largest absolute Gasteiger partial charge is 0.494 e. The molecule has 26 heavy (non-hydrogen) atoms. The normalized spacial score (nSPS) is 13.2. The number of carbonyl (C=O) groups excluding carboxylic acids is 1. The van der Waals surface area contributed by atoms with E-state index < -0.39 is 0 Å². The number of pyridine rings is 1. The summed E-state index contributed by atoms with van der Waals surface area (Å²) in [6, 6.07) is 7.14. The molecule has 7 nitrogen and oxygen atoms in total. The molecule has 2 heterocycles. The van der Waals surface area contributed by atoms with Gasteiger partial charge in [0, 0.05) is 43.5 Å². The second kappa shape index (κ2) is 7.51. The van der Waals surface area contributed by atoms with E-state index in [1.165, 1.54) is 0 Å². The Balaban J connectivity index is 1.69. The summed E-state index contributed by atoms with van der Waals surface area (Å²) in [6.45, 7) is 4.18. The lowest BCUT2D eigenvalue weighted by Crippen LogP contribution is -2.39. The van der Waals surface area contributed by atoms with Gasteiger partial charge in [0.2, 0.25) is 6.79 Å². The summed E-state index contributed by atoms with van der Waals surface area (Å²) in [6.07, 6.45) is 2.46. The number of nitrogens with one attached hydrogen (secondary N) is 1. The Morgan fingerprint density at radius 3 is 2.77 bits per heavy atom. The lowest BCUT2D eigenvalue weighted by Gasteiger charge is -2.25. The Hall–Kier alpha value is -2.96. The van der Waals surface area contributed by atoms with Gasteiger partial charge in [-0.05, 0) is 31.5 Å². The topological polar surface area (TPSA) is 72.9 Å². The second-order valence-corrected chi connectivity index (χ2v) is 6.32. The predicted molar refractivity (Wildman–Crippen MR) is 98.0 cm³/mol. The summed E-state index contributed by atoms with van der Waals surface area (Å²) < 4.78 is 16.0. The lowest BCUT2D eigenvalue weighted by atomic mass is 10.1. The third-order valence-electron chi connectivity index (χ3n) is 4.39. The van der Waals surface area contributed by atoms with Gasteiger partial charge in [-0.1, -0.05) is 0 Å². The van der Waals surface area contributed by atoms with Crippen LogP contribution in [0.4, 0.5) is 10.5 Å². The molecule has 3 rings (SSSR count). The van der Waals surface area contributed by atoms with Crippen LogP contribution in [-0.4, -0.2) is 42.9 Å². The predicted octanol–water partition coefficient (Wildman–Crippen LogP) is 3.22. The van der Waals surface area contributed by atoms with Crippen molar-refractivity contribution >= 4 is 11.7 Å². The third kappa shape index (κ3) is 3.82. The molecule has 0 radical (unpaired) electrons. The summed E-state index contributed by atoms with van der Waals surface area (Å²) in [5.74, 6) is 1.71. The Morgan fingerprint density at radius 2 is 2.08 bits per heavy atom. The quantitative estimate of drug-likeness (QED) is 0.889. The molecule has 0 saturated carbocycles. The number of nitrogens with zero attached hydrogens (tertiary/aromatic N) is 2. The summed E-state index contributed by atoms with van der Waals surface area (Å²) in [5, 5.41) is 2.88. The van der Waals surface area contributed by atoms with Crippen LogP contribution in [0.2, 0.25) is 0 Å². The van der Waals surface area contributed by atoms with E-state index >= 15 is 0 Å². The number of carbonyl (C=O) groups is 1. The zero-order valence-electron chi connectivity index (χ0n) is 15.4. The maximum absolute atomic E-state index is 12.6. The molecular weight excluding hydrogens is 334 g/mol. The molecule has 1 aliphatic heterocycles. The maximum atomic E-state index is 12.6. The minimum absolute atomic E-state index is 0.0238. The fourth-order valence-corrected chi connectivity index (χ4v) is 2.74. The molecule has 7 heteroatoms. The van der Waals surface area contributed by atoms with E-state index in [0.29, 0.717) is 29.4 Å². The van der Waals surface area contributed by atoms with Gasteiger partial charge in [-0.25, -0.2) is 4.79 Å². The number of hydrogen-bond acceptors (Lipinski definition) is 5. The van der Waals surface area contributed by atoms with E-state index in [0.717, 1.165) is 11.3 Å². The highest BCUT2D eigenvalue weighted by Crippen LogP contribution is 2.40. The molecule has 1 N–H and O–H groups in total. The molecule has 1 aromatic carbocycles. The van der Waals surface area contributed by atoms with E-state index in [2.05, 4.69) is 10.3 Å². The zero-order valence-corrected chi connectivity index (χ0v) is 15.4. The van der Waals surface area contributed by atoms with Crippen molar-refractivity contribution < 1.29 is 19.0 Å². The fraction of sp³-hybridized carbons (Fsp3) is 0.368. The van der Waals surface area contributed by atoms with E-state index in [9.17, 15) is 4.79 Å². The van der Waals surface area contributed by atoms with E-state index in [4.69, 9.17) is 14.2 Å². The molecule has 138 valence electrons. The number of rotatable bonds is 5. The number of amides is 2. The van der Waals surface area contributed by atoms with Crippen molar-refractivity contribution in [2.24, 2.45) is 0 Å². The monoisotopic (exact) mass is 357 g/mol. The summed E-state index contributed by atoms with van der Waals surface area (Å²) >= 11 is 0. The number of aryl methyl sites for hydroxylation is 1. The number of benzene rings is 1. The van der Waals surface area contributed by atoms with Gasteiger partial charge in [0.25, 0.3) is 0 Å². The average molecular weight is 357 g/mol.